The van der Waals surface area contributed by atoms with E-state index in [1.54, 1.807) is 27.7 Å². The van der Waals surface area contributed by atoms with Crippen molar-refractivity contribution in [2.45, 2.75) is 249 Å². The maximum atomic E-state index is 14.8. The van der Waals surface area contributed by atoms with Gasteiger partial charge < -0.3 is 145 Å². The van der Waals surface area contributed by atoms with Crippen LogP contribution in [0.3, 0.4) is 0 Å². The van der Waals surface area contributed by atoms with Gasteiger partial charge in [-0.1, -0.05) is 60.1 Å². The molecule has 1 aliphatic heterocycles. The molecule has 0 bridgehead atoms. The molecule has 13 amide bonds. The SMILES string of the molecule is CC(=O)O.CCC(C)C(NC(=O)C(CCCCN)NC(=O)C(CC(C)C)NC(=O)C1CCCN1C(=O)C(CCC(=O)O)NC(=O)C(Cc1ccc(O)cc1)NC(=O)C(NC(=O)C(CO)NC(=O)CNC(=O)C(CO)NC(=O)C(CCCN=C(N)N)NC(=O)C(CCCCN)NC(=O)C(NC(=O)C(N)CCCN=C(N)N)C(C)O)C(C)C)C(=O)O. The fourth-order valence-electron chi connectivity index (χ4n) is 12.0. The first kappa shape index (κ1) is 106. The molecule has 45 nitrogen and oxygen atoms in total. The number of nitrogens with one attached hydrogen (secondary N) is 12. The lowest BCUT2D eigenvalue weighted by atomic mass is 9.98. The number of likely N-dealkylation sites (tertiary alicyclic amines) is 1. The molecular formula is C74H128N22O23. The summed E-state index contributed by atoms with van der Waals surface area (Å²) in [7, 11) is 0. The highest BCUT2D eigenvalue weighted by atomic mass is 16.4. The topological polar surface area (TPSA) is 769 Å². The van der Waals surface area contributed by atoms with E-state index in [1.807, 2.05) is 0 Å². The van der Waals surface area contributed by atoms with Crippen LogP contribution in [0.4, 0.5) is 0 Å². The number of unbranched alkanes of at least 4 members (excludes halogenated alkanes) is 2. The number of aliphatic carboxylic acids is 3. The van der Waals surface area contributed by atoms with Crippen molar-refractivity contribution in [3.63, 3.8) is 0 Å². The van der Waals surface area contributed by atoms with Crippen molar-refractivity contribution in [2.24, 2.45) is 67.9 Å². The minimum atomic E-state index is -1.85. The maximum absolute atomic E-state index is 14.8. The van der Waals surface area contributed by atoms with Crippen LogP contribution in [0.25, 0.3) is 0 Å². The number of aromatic hydroxyl groups is 1. The van der Waals surface area contributed by atoms with Gasteiger partial charge in [-0.05, 0) is 145 Å². The van der Waals surface area contributed by atoms with E-state index in [4.69, 9.17) is 50.0 Å². The van der Waals surface area contributed by atoms with E-state index in [0.717, 1.165) is 11.8 Å². The number of hydrogen-bond donors (Lipinski definition) is 26. The molecule has 1 aromatic rings. The van der Waals surface area contributed by atoms with Crippen LogP contribution in [0.1, 0.15) is 164 Å². The van der Waals surface area contributed by atoms with Crippen LogP contribution >= 0.6 is 0 Å². The number of aliphatic imine (C=N–C) groups is 2. The molecule has 15 atom stereocenters. The van der Waals surface area contributed by atoms with Gasteiger partial charge in [-0.2, -0.15) is 0 Å². The van der Waals surface area contributed by atoms with Crippen molar-refractivity contribution in [3.8, 4) is 5.75 Å². The maximum Gasteiger partial charge on any atom is 0.326 e. The molecule has 1 heterocycles. The lowest BCUT2D eigenvalue weighted by molar-refractivity contribution is -0.144. The largest absolute Gasteiger partial charge is 0.508 e. The van der Waals surface area contributed by atoms with Crippen LogP contribution in [0.15, 0.2) is 34.3 Å². The molecular weight excluding hydrogens is 1560 g/mol. The van der Waals surface area contributed by atoms with Gasteiger partial charge in [0, 0.05) is 39.4 Å². The summed E-state index contributed by atoms with van der Waals surface area (Å²) in [6.45, 7) is 9.44. The molecule has 0 saturated carbocycles. The van der Waals surface area contributed by atoms with Crippen molar-refractivity contribution in [1.29, 1.82) is 0 Å². The Morgan fingerprint density at radius 2 is 0.950 bits per heavy atom. The molecule has 2 rings (SSSR count). The van der Waals surface area contributed by atoms with Gasteiger partial charge in [0.25, 0.3) is 5.97 Å². The zero-order chi connectivity index (χ0) is 90.3. The van der Waals surface area contributed by atoms with Gasteiger partial charge in [-0.25, -0.2) is 4.79 Å². The van der Waals surface area contributed by atoms with Crippen molar-refractivity contribution in [3.05, 3.63) is 29.8 Å². The number of benzene rings is 1. The second kappa shape index (κ2) is 56.3. The average molecular weight is 1690 g/mol. The fraction of sp³-hybridized carbons (Fsp3) is 0.676. The minimum absolute atomic E-state index is 0.0202. The third-order valence-corrected chi connectivity index (χ3v) is 18.7. The Morgan fingerprint density at radius 3 is 1.43 bits per heavy atom. The molecule has 0 aromatic heterocycles. The Morgan fingerprint density at radius 1 is 0.513 bits per heavy atom. The molecule has 672 valence electrons. The van der Waals surface area contributed by atoms with Crippen LogP contribution < -0.4 is 104 Å². The number of hydrogen-bond acceptors (Lipinski definition) is 25. The van der Waals surface area contributed by atoms with Crippen LogP contribution in [-0.2, 0) is 83.1 Å². The Hall–Kier alpha value is -11.2. The molecule has 119 heavy (non-hydrogen) atoms. The summed E-state index contributed by atoms with van der Waals surface area (Å²) in [5, 5.41) is 98.1. The van der Waals surface area contributed by atoms with Crippen LogP contribution in [0.5, 0.6) is 5.75 Å². The summed E-state index contributed by atoms with van der Waals surface area (Å²) >= 11 is 0. The normalized spacial score (nSPS) is 15.8. The third kappa shape index (κ3) is 41.2. The van der Waals surface area contributed by atoms with Gasteiger partial charge in [0.15, 0.2) is 11.9 Å². The summed E-state index contributed by atoms with van der Waals surface area (Å²) in [5.74, 6) is -18.5. The Bertz CT molecular complexity index is 3540. The molecule has 1 fully saturated rings. The molecule has 1 saturated heterocycles. The number of carbonyl (C=O) groups is 16. The molecule has 33 N–H and O–H groups in total. The summed E-state index contributed by atoms with van der Waals surface area (Å²) < 4.78 is 0. The summed E-state index contributed by atoms with van der Waals surface area (Å²) in [6.07, 6.45) is -0.826. The van der Waals surface area contributed by atoms with Crippen molar-refractivity contribution >= 4 is 107 Å². The molecule has 15 unspecified atom stereocenters. The van der Waals surface area contributed by atoms with E-state index >= 15 is 0 Å². The number of aliphatic hydroxyl groups is 3. The van der Waals surface area contributed by atoms with E-state index in [9.17, 15) is 103 Å². The summed E-state index contributed by atoms with van der Waals surface area (Å²) in [6, 6.07) is -14.1. The summed E-state index contributed by atoms with van der Waals surface area (Å²) in [5.41, 5.74) is 39.4. The molecule has 0 aliphatic carbocycles. The Kier molecular flexibility index (Phi) is 50.1. The van der Waals surface area contributed by atoms with Gasteiger partial charge in [-0.3, -0.25) is 81.9 Å². The molecule has 1 aliphatic rings. The summed E-state index contributed by atoms with van der Waals surface area (Å²) in [4.78, 5) is 224. The highest BCUT2D eigenvalue weighted by Crippen LogP contribution is 2.22. The monoisotopic (exact) mass is 1690 g/mol. The lowest BCUT2D eigenvalue weighted by Gasteiger charge is -2.31. The first-order valence-electron chi connectivity index (χ1n) is 39.5. The first-order valence-corrected chi connectivity index (χ1v) is 39.5. The second-order valence-electron chi connectivity index (χ2n) is 29.5. The predicted octanol–water partition coefficient (Wildman–Crippen LogP) is -7.78. The quantitative estimate of drug-likeness (QED) is 0.0164. The number of carboxylic acid groups (broad SMARTS) is 3. The highest BCUT2D eigenvalue weighted by molar-refractivity contribution is 6.00. The molecule has 0 spiro atoms. The number of rotatable bonds is 55. The zero-order valence-corrected chi connectivity index (χ0v) is 68.8. The van der Waals surface area contributed by atoms with Crippen LogP contribution in [0.2, 0.25) is 0 Å². The van der Waals surface area contributed by atoms with E-state index in [2.05, 4.69) is 73.8 Å². The molecule has 45 heteroatoms. The van der Waals surface area contributed by atoms with Crippen LogP contribution in [0, 0.1) is 17.8 Å². The number of nitrogens with two attached hydrogens (primary N) is 7. The number of carboxylic acids is 3. The standard InChI is InChI=1S/C72H124N22O21.C2H4O2/c1-8-39(6)56(70(114)115)92-62(106)45(18-10-12-28-74)85-63(107)48(32-37(2)3)88-66(110)52-20-15-31-94(52)69(113)47(25-26-54(100)101)87-64(108)49(33-41-21-23-42(98)24-22-41)89-67(111)55(38(4)5)91-65(109)51(36-96)83-53(99)34-82-59(103)50(35-95)90-61(105)46(19-14-30-81-72(78)79)84-60(104)44(17-9-11-27-73)86-68(112)57(40(7)97)93-58(102)43(75)16-13-29-80-71(76)77;1-2(3)4/h21-24,37-40,43-52,55-57,95-98H,8-20,25-36,73-75H2,1-7H3,(H,82,103)(H,83,99)(H,84,104)(H,85,107)(H,86,112)(H,87,108)(H,88,110)(H,89,111)(H,90,105)(H,91,109)(H,92,106)(H,93,102)(H,100,101)(H,114,115)(H4,76,77,80)(H4,78,79,81);1H3,(H,3,4). The minimum Gasteiger partial charge on any atom is -0.508 e. The van der Waals surface area contributed by atoms with Gasteiger partial charge in [0.2, 0.25) is 76.8 Å². The van der Waals surface area contributed by atoms with E-state index in [0.29, 0.717) is 31.2 Å². The van der Waals surface area contributed by atoms with E-state index < -0.39 is 224 Å². The number of aliphatic hydroxyl groups excluding tert-OH is 3. The zero-order valence-electron chi connectivity index (χ0n) is 68.8. The molecule has 1 aromatic carbocycles. The number of phenols is 1. The van der Waals surface area contributed by atoms with Crippen LogP contribution in [-0.4, -0.2) is 284 Å². The van der Waals surface area contributed by atoms with E-state index in [1.165, 1.54) is 45.0 Å². The number of guanidine groups is 2. The predicted molar refractivity (Wildman–Crippen MR) is 432 cm³/mol. The highest BCUT2D eigenvalue weighted by Gasteiger charge is 2.42. The average Bonchev–Trinajstić information content (AvgIpc) is 1.72. The number of phenolic OH excluding ortho intramolecular Hbond substituents is 1. The molecule has 0 radical (unpaired) electrons. The van der Waals surface area contributed by atoms with Gasteiger partial charge in [0.1, 0.15) is 78.3 Å². The second-order valence-corrected chi connectivity index (χ2v) is 29.5. The van der Waals surface area contributed by atoms with Gasteiger partial charge in [0.05, 0.1) is 31.9 Å². The third-order valence-electron chi connectivity index (χ3n) is 18.7. The van der Waals surface area contributed by atoms with Gasteiger partial charge in [-0.15, -0.1) is 0 Å². The lowest BCUT2D eigenvalue weighted by Crippen LogP contribution is -2.61. The Balaban J connectivity index is 0.0000173. The first-order chi connectivity index (χ1) is 56.0. The van der Waals surface area contributed by atoms with Gasteiger partial charge >= 0.3 is 11.9 Å². The number of nitrogens with zero attached hydrogens (tertiary/aromatic N) is 3. The smallest absolute Gasteiger partial charge is 0.326 e. The van der Waals surface area contributed by atoms with Crippen molar-refractivity contribution < 1.29 is 112 Å². The fourth-order valence-corrected chi connectivity index (χ4v) is 12.0. The van der Waals surface area contributed by atoms with Crippen molar-refractivity contribution in [2.75, 3.05) is 52.5 Å². The van der Waals surface area contributed by atoms with E-state index in [-0.39, 0.29) is 127 Å². The Labute approximate surface area is 690 Å². The number of carbonyl (C=O) groups excluding carboxylic acids is 13. The number of amides is 13. The van der Waals surface area contributed by atoms with Crippen molar-refractivity contribution in [1.82, 2.24) is 68.7 Å².